The van der Waals surface area contributed by atoms with Gasteiger partial charge in [0, 0.05) is 16.0 Å². The number of benzene rings is 2. The van der Waals surface area contributed by atoms with Crippen LogP contribution in [0.5, 0.6) is 0 Å². The second kappa shape index (κ2) is 8.43. The van der Waals surface area contributed by atoms with Gasteiger partial charge in [-0.15, -0.1) is 11.3 Å². The average molecular weight is 430 g/mol. The van der Waals surface area contributed by atoms with Crippen molar-refractivity contribution in [3.8, 4) is 0 Å². The minimum absolute atomic E-state index is 0.0700. The second-order valence-electron chi connectivity index (χ2n) is 7.40. The number of aliphatic hydroxyl groups excluding tert-OH is 4. The van der Waals surface area contributed by atoms with Crippen LogP contribution in [0.1, 0.15) is 32.5 Å². The van der Waals surface area contributed by atoms with Gasteiger partial charge in [0.25, 0.3) is 0 Å². The molecule has 30 heavy (non-hydrogen) atoms. The van der Waals surface area contributed by atoms with Gasteiger partial charge in [0.05, 0.1) is 12.2 Å². The number of hydrogen-bond donors (Lipinski definition) is 5. The van der Waals surface area contributed by atoms with E-state index in [2.05, 4.69) is 6.07 Å². The monoisotopic (exact) mass is 430 g/mol. The largest absolute Gasteiger partial charge is 0.478 e. The van der Waals surface area contributed by atoms with Gasteiger partial charge >= 0.3 is 5.97 Å². The lowest BCUT2D eigenvalue weighted by Crippen LogP contribution is -2.55. The number of ether oxygens (including phenoxy) is 1. The number of aromatic carboxylic acids is 1. The maximum Gasteiger partial charge on any atom is 0.336 e. The molecule has 0 aliphatic carbocycles. The molecule has 1 aliphatic heterocycles. The first kappa shape index (κ1) is 20.9. The minimum atomic E-state index is -1.58. The van der Waals surface area contributed by atoms with Crippen molar-refractivity contribution in [1.82, 2.24) is 0 Å². The lowest BCUT2D eigenvalue weighted by atomic mass is 9.88. The van der Waals surface area contributed by atoms with Crippen molar-refractivity contribution in [3.63, 3.8) is 0 Å². The number of rotatable bonds is 5. The molecule has 0 amide bonds. The third-order valence-corrected chi connectivity index (χ3v) is 6.52. The highest BCUT2D eigenvalue weighted by molar-refractivity contribution is 7.19. The standard InChI is InChI=1S/C22H22O7S/c23-10-16-18(24)19(25)20(26)21(29-16)15-8-11(5-6-14(15)22(27)28)7-13-9-12-3-1-2-4-17(12)30-13/h1-6,8-9,16,18-21,23-26H,7,10H2,(H,27,28)/t16-,18-,19+,20-,21+/m1/s1. The zero-order valence-electron chi connectivity index (χ0n) is 15.9. The Labute approximate surface area is 176 Å². The van der Waals surface area contributed by atoms with Crippen LogP contribution in [0, 0.1) is 0 Å². The molecule has 1 aliphatic rings. The number of hydrogen-bond acceptors (Lipinski definition) is 7. The fourth-order valence-electron chi connectivity index (χ4n) is 3.84. The van der Waals surface area contributed by atoms with Crippen molar-refractivity contribution in [2.24, 2.45) is 0 Å². The van der Waals surface area contributed by atoms with E-state index in [1.54, 1.807) is 23.5 Å². The summed E-state index contributed by atoms with van der Waals surface area (Å²) < 4.78 is 6.75. The average Bonchev–Trinajstić information content (AvgIpc) is 3.14. The van der Waals surface area contributed by atoms with E-state index in [0.717, 1.165) is 20.5 Å². The molecule has 0 saturated carbocycles. The zero-order valence-corrected chi connectivity index (χ0v) is 16.7. The number of carbonyl (C=O) groups is 1. The second-order valence-corrected chi connectivity index (χ2v) is 8.57. The first-order valence-corrected chi connectivity index (χ1v) is 10.3. The van der Waals surface area contributed by atoms with Gasteiger partial charge < -0.3 is 30.3 Å². The Morgan fingerprint density at radius 2 is 1.77 bits per heavy atom. The molecule has 5 atom stereocenters. The van der Waals surface area contributed by atoms with Crippen molar-refractivity contribution in [2.45, 2.75) is 36.9 Å². The number of aliphatic hydroxyl groups is 4. The fraction of sp³-hybridized carbons (Fsp3) is 0.318. The molecule has 3 aromatic rings. The highest BCUT2D eigenvalue weighted by Crippen LogP contribution is 2.35. The van der Waals surface area contributed by atoms with Crippen LogP contribution >= 0.6 is 11.3 Å². The molecule has 2 heterocycles. The summed E-state index contributed by atoms with van der Waals surface area (Å²) in [6.07, 6.45) is -6.37. The SMILES string of the molecule is O=C(O)c1ccc(Cc2cc3ccccc3s2)cc1[C@@H]1O[C@H](CO)[C@@H](O)[C@H](O)[C@H]1O. The Balaban J connectivity index is 1.70. The number of carboxylic acids is 1. The number of carboxylic acid groups (broad SMARTS) is 1. The maximum absolute atomic E-state index is 11.8. The summed E-state index contributed by atoms with van der Waals surface area (Å²) in [6, 6.07) is 14.9. The van der Waals surface area contributed by atoms with Crippen molar-refractivity contribution in [2.75, 3.05) is 6.61 Å². The number of fused-ring (bicyclic) bond motifs is 1. The van der Waals surface area contributed by atoms with Gasteiger partial charge in [-0.2, -0.15) is 0 Å². The van der Waals surface area contributed by atoms with Gasteiger partial charge in [-0.25, -0.2) is 4.79 Å². The third kappa shape index (κ3) is 3.85. The van der Waals surface area contributed by atoms with Crippen molar-refractivity contribution in [3.05, 3.63) is 70.1 Å². The highest BCUT2D eigenvalue weighted by atomic mass is 32.1. The molecule has 0 spiro atoms. The summed E-state index contributed by atoms with van der Waals surface area (Å²) >= 11 is 1.65. The first-order valence-electron chi connectivity index (χ1n) is 9.53. The first-order chi connectivity index (χ1) is 14.4. The Morgan fingerprint density at radius 3 is 2.47 bits per heavy atom. The molecular weight excluding hydrogens is 408 g/mol. The molecule has 158 valence electrons. The molecule has 0 unspecified atom stereocenters. The quantitative estimate of drug-likeness (QED) is 0.417. The van der Waals surface area contributed by atoms with Gasteiger partial charge in [0.15, 0.2) is 0 Å². The Hall–Kier alpha value is -2.33. The van der Waals surface area contributed by atoms with Gasteiger partial charge in [-0.05, 0) is 34.7 Å². The molecular formula is C22H22O7S. The lowest BCUT2D eigenvalue weighted by Gasteiger charge is -2.40. The topological polar surface area (TPSA) is 127 Å². The smallest absolute Gasteiger partial charge is 0.336 e. The van der Waals surface area contributed by atoms with E-state index in [9.17, 15) is 30.3 Å². The summed E-state index contributed by atoms with van der Waals surface area (Å²) in [7, 11) is 0. The van der Waals surface area contributed by atoms with E-state index in [-0.39, 0.29) is 11.1 Å². The lowest BCUT2D eigenvalue weighted by molar-refractivity contribution is -0.231. The van der Waals surface area contributed by atoms with Crippen molar-refractivity contribution in [1.29, 1.82) is 0 Å². The molecule has 1 fully saturated rings. The Kier molecular flexibility index (Phi) is 5.88. The Bertz CT molecular complexity index is 1030. The molecule has 7 nitrogen and oxygen atoms in total. The molecule has 0 radical (unpaired) electrons. The van der Waals surface area contributed by atoms with Crippen LogP contribution in [0.4, 0.5) is 0 Å². The Morgan fingerprint density at radius 1 is 1.00 bits per heavy atom. The van der Waals surface area contributed by atoms with Crippen LogP contribution in [0.2, 0.25) is 0 Å². The van der Waals surface area contributed by atoms with Crippen LogP contribution in [-0.4, -0.2) is 62.5 Å². The molecule has 1 aromatic heterocycles. The van der Waals surface area contributed by atoms with E-state index < -0.39 is 43.1 Å². The molecule has 4 rings (SSSR count). The van der Waals surface area contributed by atoms with Crippen LogP contribution < -0.4 is 0 Å². The number of thiophene rings is 1. The summed E-state index contributed by atoms with van der Waals surface area (Å²) in [6.45, 7) is -0.578. The van der Waals surface area contributed by atoms with Crippen LogP contribution in [-0.2, 0) is 11.2 Å². The van der Waals surface area contributed by atoms with E-state index in [4.69, 9.17) is 4.74 Å². The van der Waals surface area contributed by atoms with Crippen LogP contribution in [0.25, 0.3) is 10.1 Å². The van der Waals surface area contributed by atoms with Gasteiger partial charge in [0.2, 0.25) is 0 Å². The predicted molar refractivity (Wildman–Crippen MR) is 111 cm³/mol. The van der Waals surface area contributed by atoms with Crippen molar-refractivity contribution >= 4 is 27.4 Å². The van der Waals surface area contributed by atoms with E-state index in [1.165, 1.54) is 6.07 Å². The fourth-order valence-corrected chi connectivity index (χ4v) is 4.93. The summed E-state index contributed by atoms with van der Waals surface area (Å²) in [4.78, 5) is 12.9. The van der Waals surface area contributed by atoms with E-state index >= 15 is 0 Å². The van der Waals surface area contributed by atoms with Gasteiger partial charge in [0.1, 0.15) is 30.5 Å². The van der Waals surface area contributed by atoms with Gasteiger partial charge in [-0.3, -0.25) is 0 Å². The summed E-state index contributed by atoms with van der Waals surface area (Å²) in [5.74, 6) is -1.20. The van der Waals surface area contributed by atoms with Crippen LogP contribution in [0.3, 0.4) is 0 Å². The minimum Gasteiger partial charge on any atom is -0.478 e. The highest BCUT2D eigenvalue weighted by Gasteiger charge is 2.45. The van der Waals surface area contributed by atoms with Gasteiger partial charge in [-0.1, -0.05) is 30.3 Å². The van der Waals surface area contributed by atoms with Crippen LogP contribution in [0.15, 0.2) is 48.5 Å². The normalized spacial score (nSPS) is 26.7. The maximum atomic E-state index is 11.8. The van der Waals surface area contributed by atoms with E-state index in [1.807, 2.05) is 24.3 Å². The predicted octanol–water partition coefficient (Wildman–Crippen LogP) is 1.71. The molecule has 0 bridgehead atoms. The van der Waals surface area contributed by atoms with E-state index in [0.29, 0.717) is 6.42 Å². The summed E-state index contributed by atoms with van der Waals surface area (Å²) in [5, 5.41) is 50.7. The summed E-state index contributed by atoms with van der Waals surface area (Å²) in [5.41, 5.74) is 0.941. The molecule has 5 N–H and O–H groups in total. The molecule has 8 heteroatoms. The third-order valence-electron chi connectivity index (χ3n) is 5.40. The van der Waals surface area contributed by atoms with Crippen molar-refractivity contribution < 1.29 is 35.1 Å². The zero-order chi connectivity index (χ0) is 21.4. The molecule has 1 saturated heterocycles. The molecule has 2 aromatic carbocycles.